The molecule has 2 nitrogen and oxygen atoms in total. The Labute approximate surface area is 127 Å². The van der Waals surface area contributed by atoms with Gasteiger partial charge in [-0.2, -0.15) is 0 Å². The van der Waals surface area contributed by atoms with Gasteiger partial charge in [0.25, 0.3) is 0 Å². The Kier molecular flexibility index (Phi) is 5.79. The molecule has 0 aliphatic carbocycles. The average Bonchev–Trinajstić information content (AvgIpc) is 2.84. The lowest BCUT2D eigenvalue weighted by Crippen LogP contribution is -2.37. The molecule has 2 rings (SSSR count). The summed E-state index contributed by atoms with van der Waals surface area (Å²) >= 11 is 1.94. The monoisotopic (exact) mass is 293 g/mol. The summed E-state index contributed by atoms with van der Waals surface area (Å²) in [6, 6.07) is 4.55. The second kappa shape index (κ2) is 7.37. The van der Waals surface area contributed by atoms with Gasteiger partial charge in [0.15, 0.2) is 0 Å². The maximum absolute atomic E-state index is 11.9. The summed E-state index contributed by atoms with van der Waals surface area (Å²) in [7, 11) is 0. The van der Waals surface area contributed by atoms with Gasteiger partial charge >= 0.3 is 0 Å². The molecule has 0 radical (unpaired) electrons. The van der Waals surface area contributed by atoms with E-state index in [-0.39, 0.29) is 5.92 Å². The number of carbonyl (C=O) groups excluding carboxylic acids is 1. The molecule has 1 unspecified atom stereocenters. The van der Waals surface area contributed by atoms with Crippen LogP contribution in [0.2, 0.25) is 0 Å². The molecule has 112 valence electrons. The van der Waals surface area contributed by atoms with Crippen LogP contribution in [0.5, 0.6) is 0 Å². The summed E-state index contributed by atoms with van der Waals surface area (Å²) in [6.45, 7) is 9.65. The number of hydrogen-bond donors (Lipinski definition) is 0. The molecule has 3 heteroatoms. The molecule has 1 aliphatic rings. The predicted molar refractivity (Wildman–Crippen MR) is 86.2 cm³/mol. The Balaban J connectivity index is 1.89. The Hall–Kier alpha value is -0.670. The number of hydrogen-bond acceptors (Lipinski definition) is 3. The van der Waals surface area contributed by atoms with E-state index >= 15 is 0 Å². The minimum atomic E-state index is 0.281. The summed E-state index contributed by atoms with van der Waals surface area (Å²) in [4.78, 5) is 17.3. The molecule has 0 spiro atoms. The zero-order valence-electron chi connectivity index (χ0n) is 13.0. The molecule has 2 heterocycles. The maximum Gasteiger partial charge on any atom is 0.136 e. The number of thiophene rings is 1. The van der Waals surface area contributed by atoms with Crippen LogP contribution in [0.3, 0.4) is 0 Å². The first-order valence-electron chi connectivity index (χ1n) is 7.91. The topological polar surface area (TPSA) is 20.3 Å². The van der Waals surface area contributed by atoms with Crippen molar-refractivity contribution in [2.24, 2.45) is 11.8 Å². The van der Waals surface area contributed by atoms with Crippen LogP contribution in [0.25, 0.3) is 0 Å². The molecule has 0 bridgehead atoms. The van der Waals surface area contributed by atoms with Crippen LogP contribution in [0, 0.1) is 11.8 Å². The van der Waals surface area contributed by atoms with Gasteiger partial charge in [-0.25, -0.2) is 0 Å². The molecular formula is C17H27NOS. The Bertz CT molecular complexity index is 438. The zero-order chi connectivity index (χ0) is 14.5. The van der Waals surface area contributed by atoms with Crippen LogP contribution in [-0.4, -0.2) is 23.8 Å². The third-order valence-electron chi connectivity index (χ3n) is 4.02. The highest BCUT2D eigenvalue weighted by Crippen LogP contribution is 2.24. The third-order valence-corrected chi connectivity index (χ3v) is 5.11. The molecule has 1 aromatic rings. The third kappa shape index (κ3) is 4.42. The molecule has 1 saturated heterocycles. The number of Topliss-reactive ketones (excluding diaryl/α,β-unsaturated/α-hetero) is 1. The number of ketones is 1. The number of likely N-dealkylation sites (tertiary alicyclic amines) is 1. The van der Waals surface area contributed by atoms with Gasteiger partial charge in [0.05, 0.1) is 0 Å². The molecule has 0 aromatic carbocycles. The van der Waals surface area contributed by atoms with Gasteiger partial charge in [-0.1, -0.05) is 20.8 Å². The van der Waals surface area contributed by atoms with Gasteiger partial charge < -0.3 is 0 Å². The van der Waals surface area contributed by atoms with Crippen LogP contribution >= 0.6 is 11.3 Å². The highest BCUT2D eigenvalue weighted by atomic mass is 32.1. The Morgan fingerprint density at radius 1 is 1.40 bits per heavy atom. The molecule has 1 aromatic heterocycles. The molecule has 20 heavy (non-hydrogen) atoms. The van der Waals surface area contributed by atoms with E-state index in [2.05, 4.69) is 30.9 Å². The predicted octanol–water partition coefficient (Wildman–Crippen LogP) is 4.14. The van der Waals surface area contributed by atoms with E-state index < -0.39 is 0 Å². The van der Waals surface area contributed by atoms with Crippen molar-refractivity contribution < 1.29 is 4.79 Å². The van der Waals surface area contributed by atoms with E-state index in [0.717, 1.165) is 32.0 Å². The molecule has 0 amide bonds. The van der Waals surface area contributed by atoms with E-state index in [0.29, 0.717) is 12.2 Å². The summed E-state index contributed by atoms with van der Waals surface area (Å²) in [5, 5.41) is 0. The van der Waals surface area contributed by atoms with Crippen molar-refractivity contribution >= 4 is 17.1 Å². The lowest BCUT2D eigenvalue weighted by Gasteiger charge is -2.31. The Morgan fingerprint density at radius 3 is 2.85 bits per heavy atom. The first-order chi connectivity index (χ1) is 9.58. The van der Waals surface area contributed by atoms with E-state index in [4.69, 9.17) is 0 Å². The van der Waals surface area contributed by atoms with Gasteiger partial charge in [-0.05, 0) is 43.9 Å². The van der Waals surface area contributed by atoms with Gasteiger partial charge in [0.2, 0.25) is 0 Å². The molecule has 1 atom stereocenters. The smallest absolute Gasteiger partial charge is 0.136 e. The SMILES string of the molecule is CCC(=O)C1CCCN(Cc2ccc(CC(C)C)s2)C1. The molecule has 1 fully saturated rings. The summed E-state index contributed by atoms with van der Waals surface area (Å²) in [5.74, 6) is 1.45. The second-order valence-electron chi connectivity index (χ2n) is 6.36. The van der Waals surface area contributed by atoms with Gasteiger partial charge in [-0.15, -0.1) is 11.3 Å². The van der Waals surface area contributed by atoms with Crippen LogP contribution in [0.15, 0.2) is 12.1 Å². The fraction of sp³-hybridized carbons (Fsp3) is 0.706. The lowest BCUT2D eigenvalue weighted by atomic mass is 9.92. The lowest BCUT2D eigenvalue weighted by molar-refractivity contribution is -0.124. The first-order valence-corrected chi connectivity index (χ1v) is 8.72. The molecular weight excluding hydrogens is 266 g/mol. The first kappa shape index (κ1) is 15.7. The fourth-order valence-electron chi connectivity index (χ4n) is 2.99. The summed E-state index contributed by atoms with van der Waals surface area (Å²) in [5.41, 5.74) is 0. The van der Waals surface area contributed by atoms with Crippen molar-refractivity contribution in [1.29, 1.82) is 0 Å². The number of rotatable bonds is 6. The van der Waals surface area contributed by atoms with E-state index in [1.54, 1.807) is 0 Å². The van der Waals surface area contributed by atoms with Crippen molar-refractivity contribution in [1.82, 2.24) is 4.90 Å². The van der Waals surface area contributed by atoms with Crippen LogP contribution in [0.1, 0.15) is 49.8 Å². The van der Waals surface area contributed by atoms with Gasteiger partial charge in [0.1, 0.15) is 5.78 Å². The summed E-state index contributed by atoms with van der Waals surface area (Å²) in [6.07, 6.45) is 4.13. The number of nitrogens with zero attached hydrogens (tertiary/aromatic N) is 1. The van der Waals surface area contributed by atoms with Gasteiger partial charge in [0, 0.05) is 35.2 Å². The van der Waals surface area contributed by atoms with Crippen molar-refractivity contribution in [2.45, 2.75) is 53.0 Å². The largest absolute Gasteiger partial charge is 0.299 e. The molecule has 0 N–H and O–H groups in total. The fourth-order valence-corrected chi connectivity index (χ4v) is 4.26. The Morgan fingerprint density at radius 2 is 2.15 bits per heavy atom. The summed E-state index contributed by atoms with van der Waals surface area (Å²) < 4.78 is 0. The van der Waals surface area contributed by atoms with Crippen molar-refractivity contribution in [3.63, 3.8) is 0 Å². The number of carbonyl (C=O) groups is 1. The van der Waals surface area contributed by atoms with E-state index in [1.165, 1.54) is 22.6 Å². The molecule has 0 saturated carbocycles. The highest BCUT2D eigenvalue weighted by Gasteiger charge is 2.24. The normalized spacial score (nSPS) is 20.5. The van der Waals surface area contributed by atoms with E-state index in [9.17, 15) is 4.79 Å². The van der Waals surface area contributed by atoms with Crippen LogP contribution in [0.4, 0.5) is 0 Å². The van der Waals surface area contributed by atoms with Crippen LogP contribution < -0.4 is 0 Å². The van der Waals surface area contributed by atoms with Crippen molar-refractivity contribution in [2.75, 3.05) is 13.1 Å². The average molecular weight is 293 g/mol. The number of piperidine rings is 1. The maximum atomic E-state index is 11.9. The van der Waals surface area contributed by atoms with Crippen molar-refractivity contribution in [3.05, 3.63) is 21.9 Å². The van der Waals surface area contributed by atoms with Crippen molar-refractivity contribution in [3.8, 4) is 0 Å². The van der Waals surface area contributed by atoms with E-state index in [1.807, 2.05) is 18.3 Å². The van der Waals surface area contributed by atoms with Crippen LogP contribution in [-0.2, 0) is 17.8 Å². The second-order valence-corrected chi connectivity index (χ2v) is 7.61. The standard InChI is InChI=1S/C17H27NOS/c1-4-17(19)14-6-5-9-18(11-14)12-16-8-7-15(20-16)10-13(2)3/h7-8,13-14H,4-6,9-12H2,1-3H3. The van der Waals surface area contributed by atoms with Gasteiger partial charge in [-0.3, -0.25) is 9.69 Å². The minimum Gasteiger partial charge on any atom is -0.299 e. The quantitative estimate of drug-likeness (QED) is 0.785. The molecule has 1 aliphatic heterocycles. The highest BCUT2D eigenvalue weighted by molar-refractivity contribution is 7.11. The zero-order valence-corrected chi connectivity index (χ0v) is 13.8. The minimum absolute atomic E-state index is 0.281.